The fourth-order valence-electron chi connectivity index (χ4n) is 2.66. The first-order valence-corrected chi connectivity index (χ1v) is 8.95. The smallest absolute Gasteiger partial charge is 0.0660 e. The van der Waals surface area contributed by atoms with Crippen molar-refractivity contribution in [3.63, 3.8) is 0 Å². The lowest BCUT2D eigenvalue weighted by molar-refractivity contribution is 1.05. The van der Waals surface area contributed by atoms with Crippen LogP contribution >= 0.6 is 27.7 Å². The maximum Gasteiger partial charge on any atom is 0.0660 e. The summed E-state index contributed by atoms with van der Waals surface area (Å²) in [6, 6.07) is 10.9. The summed E-state index contributed by atoms with van der Waals surface area (Å²) >= 11 is 5.75. The Bertz CT molecular complexity index is 605. The van der Waals surface area contributed by atoms with E-state index in [1.807, 2.05) is 11.8 Å². The van der Waals surface area contributed by atoms with Gasteiger partial charge in [-0.05, 0) is 73.4 Å². The summed E-state index contributed by atoms with van der Waals surface area (Å²) in [6.07, 6.45) is 2.14. The van der Waals surface area contributed by atoms with Crippen LogP contribution in [0.15, 0.2) is 35.2 Å². The molecule has 0 aromatic heterocycles. The zero-order chi connectivity index (χ0) is 14.9. The van der Waals surface area contributed by atoms with Gasteiger partial charge in [-0.3, -0.25) is 0 Å². The first kappa shape index (κ1) is 15.7. The predicted octanol–water partition coefficient (Wildman–Crippen LogP) is 6.13. The average Bonchev–Trinajstić information content (AvgIpc) is 2.45. The van der Waals surface area contributed by atoms with Gasteiger partial charge in [0.2, 0.25) is 0 Å². The molecular formula is C18H21BrS. The summed E-state index contributed by atoms with van der Waals surface area (Å²) in [7, 11) is 0. The first-order valence-electron chi connectivity index (χ1n) is 6.81. The van der Waals surface area contributed by atoms with Crippen molar-refractivity contribution in [1.82, 2.24) is 0 Å². The molecule has 0 heterocycles. The van der Waals surface area contributed by atoms with Crippen LogP contribution in [0.5, 0.6) is 0 Å². The largest absolute Gasteiger partial charge is 0.129 e. The van der Waals surface area contributed by atoms with Crippen LogP contribution in [0.2, 0.25) is 0 Å². The molecule has 0 fully saturated rings. The molecule has 0 nitrogen and oxygen atoms in total. The lowest BCUT2D eigenvalue weighted by Crippen LogP contribution is -2.04. The first-order chi connectivity index (χ1) is 9.47. The summed E-state index contributed by atoms with van der Waals surface area (Å²) in [6.45, 7) is 8.86. The van der Waals surface area contributed by atoms with Crippen LogP contribution in [0.3, 0.4) is 0 Å². The van der Waals surface area contributed by atoms with Gasteiger partial charge in [-0.25, -0.2) is 0 Å². The van der Waals surface area contributed by atoms with Gasteiger partial charge < -0.3 is 0 Å². The van der Waals surface area contributed by atoms with Crippen molar-refractivity contribution in [2.24, 2.45) is 0 Å². The van der Waals surface area contributed by atoms with Crippen molar-refractivity contribution in [3.8, 4) is 0 Å². The Hall–Kier alpha value is -0.730. The Morgan fingerprint density at radius 3 is 2.05 bits per heavy atom. The molecule has 1 atom stereocenters. The third-order valence-corrected chi connectivity index (χ3v) is 5.85. The fourth-order valence-corrected chi connectivity index (χ4v) is 4.53. The second-order valence-electron chi connectivity index (χ2n) is 5.28. The molecule has 0 amide bonds. The molecule has 2 heteroatoms. The van der Waals surface area contributed by atoms with E-state index in [0.717, 1.165) is 0 Å². The molecule has 1 unspecified atom stereocenters. The van der Waals surface area contributed by atoms with Crippen LogP contribution in [0, 0.1) is 27.7 Å². The van der Waals surface area contributed by atoms with Crippen molar-refractivity contribution in [3.05, 3.63) is 63.7 Å². The Balaban J connectivity index is 2.62. The number of aryl methyl sites for hydroxylation is 2. The second-order valence-corrected chi connectivity index (χ2v) is 7.04. The van der Waals surface area contributed by atoms with E-state index in [-0.39, 0.29) is 4.83 Å². The molecule has 0 saturated carbocycles. The highest BCUT2D eigenvalue weighted by Gasteiger charge is 2.19. The summed E-state index contributed by atoms with van der Waals surface area (Å²) < 4.78 is 0. The highest BCUT2D eigenvalue weighted by molar-refractivity contribution is 9.09. The molecule has 0 bridgehead atoms. The van der Waals surface area contributed by atoms with Crippen molar-refractivity contribution in [2.75, 3.05) is 6.26 Å². The molecule has 20 heavy (non-hydrogen) atoms. The molecule has 2 aromatic carbocycles. The van der Waals surface area contributed by atoms with Crippen molar-refractivity contribution in [1.29, 1.82) is 0 Å². The van der Waals surface area contributed by atoms with E-state index in [0.29, 0.717) is 0 Å². The van der Waals surface area contributed by atoms with Crippen LogP contribution in [0.1, 0.15) is 38.2 Å². The minimum absolute atomic E-state index is 0.254. The van der Waals surface area contributed by atoms with Gasteiger partial charge in [0.1, 0.15) is 0 Å². The SMILES string of the molecule is CSc1ccccc1C(Br)c1c(C)c(C)cc(C)c1C. The Morgan fingerprint density at radius 2 is 1.50 bits per heavy atom. The lowest BCUT2D eigenvalue weighted by Gasteiger charge is -2.21. The molecule has 2 rings (SSSR count). The van der Waals surface area contributed by atoms with E-state index in [2.05, 4.69) is 80.2 Å². The highest BCUT2D eigenvalue weighted by atomic mass is 79.9. The van der Waals surface area contributed by atoms with Gasteiger partial charge in [-0.15, -0.1) is 11.8 Å². The predicted molar refractivity (Wildman–Crippen MR) is 94.4 cm³/mol. The summed E-state index contributed by atoms with van der Waals surface area (Å²) in [5.41, 5.74) is 8.31. The van der Waals surface area contributed by atoms with Gasteiger partial charge in [0, 0.05) is 4.90 Å². The molecule has 0 N–H and O–H groups in total. The quantitative estimate of drug-likeness (QED) is 0.475. The minimum Gasteiger partial charge on any atom is -0.129 e. The van der Waals surface area contributed by atoms with Crippen LogP contribution in [-0.2, 0) is 0 Å². The molecular weight excluding hydrogens is 328 g/mol. The number of rotatable bonds is 3. The summed E-state index contributed by atoms with van der Waals surface area (Å²) in [4.78, 5) is 1.59. The minimum atomic E-state index is 0.254. The van der Waals surface area contributed by atoms with E-state index in [4.69, 9.17) is 0 Å². The van der Waals surface area contributed by atoms with Gasteiger partial charge in [0.15, 0.2) is 0 Å². The summed E-state index contributed by atoms with van der Waals surface area (Å²) in [5, 5.41) is 0. The number of alkyl halides is 1. The molecule has 2 aromatic rings. The Kier molecular flexibility index (Phi) is 4.98. The zero-order valence-corrected chi connectivity index (χ0v) is 15.2. The summed E-state index contributed by atoms with van der Waals surface area (Å²) in [5.74, 6) is 0. The maximum atomic E-state index is 3.94. The lowest BCUT2D eigenvalue weighted by atomic mass is 9.90. The molecule has 0 aliphatic carbocycles. The standard InChI is InChI=1S/C18H21BrS/c1-11-10-12(2)14(4)17(13(11)3)18(19)15-8-6-7-9-16(15)20-5/h6-10,18H,1-5H3. The van der Waals surface area contributed by atoms with Crippen molar-refractivity contribution < 1.29 is 0 Å². The maximum absolute atomic E-state index is 3.94. The third-order valence-electron chi connectivity index (χ3n) is 4.09. The van der Waals surface area contributed by atoms with E-state index in [1.54, 1.807) is 0 Å². The molecule has 106 valence electrons. The van der Waals surface area contributed by atoms with Crippen molar-refractivity contribution in [2.45, 2.75) is 37.4 Å². The van der Waals surface area contributed by atoms with Crippen LogP contribution < -0.4 is 0 Å². The zero-order valence-electron chi connectivity index (χ0n) is 12.8. The van der Waals surface area contributed by atoms with Gasteiger partial charge in [-0.1, -0.05) is 40.2 Å². The van der Waals surface area contributed by atoms with Gasteiger partial charge >= 0.3 is 0 Å². The van der Waals surface area contributed by atoms with E-state index in [9.17, 15) is 0 Å². The Morgan fingerprint density at radius 1 is 0.950 bits per heavy atom. The topological polar surface area (TPSA) is 0 Å². The number of thioether (sulfide) groups is 1. The molecule has 0 spiro atoms. The number of hydrogen-bond donors (Lipinski definition) is 0. The molecule has 0 aliphatic heterocycles. The normalized spacial score (nSPS) is 12.5. The van der Waals surface area contributed by atoms with E-state index in [1.165, 1.54) is 38.3 Å². The van der Waals surface area contributed by atoms with Crippen molar-refractivity contribution >= 4 is 27.7 Å². The van der Waals surface area contributed by atoms with E-state index < -0.39 is 0 Å². The molecule has 0 aliphatic rings. The number of halogens is 1. The monoisotopic (exact) mass is 348 g/mol. The van der Waals surface area contributed by atoms with Crippen LogP contribution in [0.4, 0.5) is 0 Å². The number of benzene rings is 2. The third kappa shape index (κ3) is 2.82. The van der Waals surface area contributed by atoms with Gasteiger partial charge in [0.25, 0.3) is 0 Å². The Labute approximate surface area is 135 Å². The average molecular weight is 349 g/mol. The fraction of sp³-hybridized carbons (Fsp3) is 0.333. The van der Waals surface area contributed by atoms with Gasteiger partial charge in [0.05, 0.1) is 4.83 Å². The van der Waals surface area contributed by atoms with E-state index >= 15 is 0 Å². The van der Waals surface area contributed by atoms with Gasteiger partial charge in [-0.2, -0.15) is 0 Å². The highest BCUT2D eigenvalue weighted by Crippen LogP contribution is 2.40. The van der Waals surface area contributed by atoms with Crippen LogP contribution in [-0.4, -0.2) is 6.26 Å². The molecule has 0 radical (unpaired) electrons. The molecule has 0 saturated heterocycles. The second kappa shape index (κ2) is 6.36. The van der Waals surface area contributed by atoms with Crippen LogP contribution in [0.25, 0.3) is 0 Å². The number of hydrogen-bond acceptors (Lipinski definition) is 1.